The zero-order valence-corrected chi connectivity index (χ0v) is 17.6. The average molecular weight is 446 g/mol. The molecule has 1 fully saturated rings. The van der Waals surface area contributed by atoms with Crippen molar-refractivity contribution in [3.05, 3.63) is 65.2 Å². The molecule has 0 saturated carbocycles. The van der Waals surface area contributed by atoms with Crippen LogP contribution in [0.5, 0.6) is 5.75 Å². The number of carbonyl (C=O) groups excluding carboxylic acids is 3. The fourth-order valence-electron chi connectivity index (χ4n) is 3.11. The van der Waals surface area contributed by atoms with Gasteiger partial charge in [-0.25, -0.2) is 4.84 Å². The number of hydrogen-bond acceptors (Lipinski definition) is 6. The standard InChI is InChI=1S/C22H24ClN3O5/c23-25-12-16-1-5-17(6-2-16)22(30)24-11-15-3-7-18(8-4-15)31-10-9-21(29)26-13-19(27)20(28)14-26/h1-8,19,25,27H,9-14H2,(H,24,30)/t19-/m1/s1. The highest BCUT2D eigenvalue weighted by Crippen LogP contribution is 2.14. The van der Waals surface area contributed by atoms with Crippen molar-refractivity contribution in [2.45, 2.75) is 25.6 Å². The number of aliphatic hydroxyl groups is 1. The number of halogens is 1. The molecule has 9 heteroatoms. The molecule has 2 aromatic carbocycles. The lowest BCUT2D eigenvalue weighted by Gasteiger charge is -2.14. The molecule has 3 N–H and O–H groups in total. The molecule has 0 bridgehead atoms. The van der Waals surface area contributed by atoms with Crippen LogP contribution in [0, 0.1) is 0 Å². The number of benzene rings is 2. The van der Waals surface area contributed by atoms with Gasteiger partial charge in [0.25, 0.3) is 5.91 Å². The summed E-state index contributed by atoms with van der Waals surface area (Å²) in [5.74, 6) is -0.132. The highest BCUT2D eigenvalue weighted by Gasteiger charge is 2.31. The summed E-state index contributed by atoms with van der Waals surface area (Å²) in [6.07, 6.45) is -0.956. The SMILES string of the molecule is O=C(NCc1ccc(OCCC(=O)N2CC(=O)[C@H](O)C2)cc1)c1ccc(CNCl)cc1. The van der Waals surface area contributed by atoms with Gasteiger partial charge in [-0.3, -0.25) is 14.4 Å². The second-order valence-corrected chi connectivity index (χ2v) is 7.46. The zero-order chi connectivity index (χ0) is 22.2. The van der Waals surface area contributed by atoms with E-state index in [9.17, 15) is 19.5 Å². The number of nitrogens with one attached hydrogen (secondary N) is 2. The van der Waals surface area contributed by atoms with Crippen molar-refractivity contribution in [1.82, 2.24) is 15.1 Å². The van der Waals surface area contributed by atoms with Gasteiger partial charge >= 0.3 is 0 Å². The first-order valence-corrected chi connectivity index (χ1v) is 10.2. The number of amides is 2. The number of rotatable bonds is 9. The molecule has 0 spiro atoms. The van der Waals surface area contributed by atoms with Crippen molar-refractivity contribution in [2.75, 3.05) is 19.7 Å². The van der Waals surface area contributed by atoms with Crippen molar-refractivity contribution in [1.29, 1.82) is 0 Å². The van der Waals surface area contributed by atoms with Crippen LogP contribution in [-0.2, 0) is 22.7 Å². The van der Waals surface area contributed by atoms with Crippen molar-refractivity contribution < 1.29 is 24.2 Å². The van der Waals surface area contributed by atoms with Crippen molar-refractivity contribution in [3.63, 3.8) is 0 Å². The van der Waals surface area contributed by atoms with E-state index < -0.39 is 6.10 Å². The molecular weight excluding hydrogens is 422 g/mol. The topological polar surface area (TPSA) is 108 Å². The van der Waals surface area contributed by atoms with Crippen LogP contribution < -0.4 is 14.9 Å². The van der Waals surface area contributed by atoms with Crippen LogP contribution in [0.3, 0.4) is 0 Å². The van der Waals surface area contributed by atoms with Crippen LogP contribution in [0.25, 0.3) is 0 Å². The first kappa shape index (κ1) is 22.7. The Hall–Kier alpha value is -2.94. The highest BCUT2D eigenvalue weighted by molar-refractivity contribution is 6.13. The summed E-state index contributed by atoms with van der Waals surface area (Å²) >= 11 is 5.47. The van der Waals surface area contributed by atoms with E-state index in [1.807, 2.05) is 24.3 Å². The van der Waals surface area contributed by atoms with E-state index in [4.69, 9.17) is 16.5 Å². The number of β-amino-alcohol motifs (C(OH)–C–C–N with tert-alkyl or cyclic N) is 1. The minimum absolute atomic E-state index is 0.0464. The maximum atomic E-state index is 12.3. The molecule has 0 aliphatic carbocycles. The average Bonchev–Trinajstić information content (AvgIpc) is 3.12. The van der Waals surface area contributed by atoms with Gasteiger partial charge in [0.05, 0.1) is 26.1 Å². The van der Waals surface area contributed by atoms with Crippen molar-refractivity contribution in [3.8, 4) is 5.75 Å². The fraction of sp³-hybridized carbons (Fsp3) is 0.318. The second-order valence-electron chi connectivity index (χ2n) is 7.19. The Labute approximate surface area is 185 Å². The zero-order valence-electron chi connectivity index (χ0n) is 16.8. The molecule has 0 radical (unpaired) electrons. The first-order chi connectivity index (χ1) is 15.0. The Kier molecular flexibility index (Phi) is 8.00. The van der Waals surface area contributed by atoms with Gasteiger partial charge in [-0.1, -0.05) is 24.3 Å². The maximum Gasteiger partial charge on any atom is 0.251 e. The predicted octanol–water partition coefficient (Wildman–Crippen LogP) is 1.40. The van der Waals surface area contributed by atoms with Gasteiger partial charge in [0.1, 0.15) is 11.9 Å². The van der Waals surface area contributed by atoms with Crippen LogP contribution in [0.15, 0.2) is 48.5 Å². The quantitative estimate of drug-likeness (QED) is 0.503. The summed E-state index contributed by atoms with van der Waals surface area (Å²) in [4.78, 5) is 39.5. The number of hydrogen-bond donors (Lipinski definition) is 3. The molecule has 1 saturated heterocycles. The Bertz CT molecular complexity index is 918. The Morgan fingerprint density at radius 3 is 2.32 bits per heavy atom. The number of likely N-dealkylation sites (tertiary alicyclic amines) is 1. The lowest BCUT2D eigenvalue weighted by molar-refractivity contribution is -0.132. The smallest absolute Gasteiger partial charge is 0.251 e. The van der Waals surface area contributed by atoms with E-state index in [0.717, 1.165) is 11.1 Å². The van der Waals surface area contributed by atoms with E-state index in [0.29, 0.717) is 24.4 Å². The fourth-order valence-corrected chi connectivity index (χ4v) is 3.27. The number of nitrogens with zero attached hydrogens (tertiary/aromatic N) is 1. The molecule has 31 heavy (non-hydrogen) atoms. The Balaban J connectivity index is 1.40. The van der Waals surface area contributed by atoms with E-state index in [1.165, 1.54) is 4.90 Å². The number of Topliss-reactive ketones (excluding diaryl/α,β-unsaturated/α-hetero) is 1. The minimum atomic E-state index is -1.08. The molecule has 2 aromatic rings. The number of ketones is 1. The van der Waals surface area contributed by atoms with Gasteiger partial charge in [-0.2, -0.15) is 0 Å². The third-order valence-electron chi connectivity index (χ3n) is 4.91. The first-order valence-electron chi connectivity index (χ1n) is 9.87. The van der Waals surface area contributed by atoms with Crippen LogP contribution in [0.4, 0.5) is 0 Å². The van der Waals surface area contributed by atoms with Gasteiger partial charge in [-0.05, 0) is 47.2 Å². The van der Waals surface area contributed by atoms with Crippen LogP contribution in [0.1, 0.15) is 27.9 Å². The van der Waals surface area contributed by atoms with Crippen LogP contribution in [-0.4, -0.2) is 53.4 Å². The summed E-state index contributed by atoms with van der Waals surface area (Å²) in [5.41, 5.74) is 2.45. The lowest BCUT2D eigenvalue weighted by atomic mass is 10.1. The normalized spacial score (nSPS) is 15.7. The maximum absolute atomic E-state index is 12.3. The van der Waals surface area contributed by atoms with E-state index >= 15 is 0 Å². The summed E-state index contributed by atoms with van der Waals surface area (Å²) in [7, 11) is 0. The summed E-state index contributed by atoms with van der Waals surface area (Å²) in [6, 6.07) is 14.4. The van der Waals surface area contributed by atoms with Gasteiger partial charge in [0.2, 0.25) is 5.91 Å². The monoisotopic (exact) mass is 445 g/mol. The number of ether oxygens (including phenoxy) is 1. The Morgan fingerprint density at radius 1 is 1.06 bits per heavy atom. The molecule has 0 unspecified atom stereocenters. The summed E-state index contributed by atoms with van der Waals surface area (Å²) < 4.78 is 5.57. The van der Waals surface area contributed by atoms with E-state index in [-0.39, 0.29) is 43.7 Å². The molecule has 1 heterocycles. The van der Waals surface area contributed by atoms with Gasteiger partial charge < -0.3 is 20.1 Å². The molecule has 1 aliphatic rings. The van der Waals surface area contributed by atoms with Crippen molar-refractivity contribution in [2.24, 2.45) is 0 Å². The van der Waals surface area contributed by atoms with E-state index in [2.05, 4.69) is 10.2 Å². The van der Waals surface area contributed by atoms with Crippen LogP contribution >= 0.6 is 11.8 Å². The molecule has 2 amide bonds. The molecule has 3 rings (SSSR count). The van der Waals surface area contributed by atoms with Crippen LogP contribution in [0.2, 0.25) is 0 Å². The molecule has 164 valence electrons. The molecule has 0 aromatic heterocycles. The summed E-state index contributed by atoms with van der Waals surface area (Å²) in [6.45, 7) is 1.06. The third kappa shape index (κ3) is 6.52. The molecule has 1 atom stereocenters. The van der Waals surface area contributed by atoms with Crippen molar-refractivity contribution >= 4 is 29.4 Å². The van der Waals surface area contributed by atoms with E-state index in [1.54, 1.807) is 24.3 Å². The number of carbonyl (C=O) groups is 3. The predicted molar refractivity (Wildman–Crippen MR) is 114 cm³/mol. The molecule has 8 nitrogen and oxygen atoms in total. The number of aliphatic hydroxyl groups excluding tert-OH is 1. The molecule has 1 aliphatic heterocycles. The largest absolute Gasteiger partial charge is 0.493 e. The molecular formula is C22H24ClN3O5. The highest BCUT2D eigenvalue weighted by atomic mass is 35.5. The Morgan fingerprint density at radius 2 is 1.71 bits per heavy atom. The van der Waals surface area contributed by atoms with Gasteiger partial charge in [0.15, 0.2) is 5.78 Å². The second kappa shape index (κ2) is 10.9. The van der Waals surface area contributed by atoms with Gasteiger partial charge in [-0.15, -0.1) is 0 Å². The minimum Gasteiger partial charge on any atom is -0.493 e. The van der Waals surface area contributed by atoms with Gasteiger partial charge in [0, 0.05) is 18.7 Å². The lowest BCUT2D eigenvalue weighted by Crippen LogP contribution is -2.30. The third-order valence-corrected chi connectivity index (χ3v) is 5.05. The summed E-state index contributed by atoms with van der Waals surface area (Å²) in [5, 5.41) is 12.3.